The molecule has 0 bridgehead atoms. The summed E-state index contributed by atoms with van der Waals surface area (Å²) in [4.78, 5) is 20.7. The van der Waals surface area contributed by atoms with Crippen molar-refractivity contribution in [3.63, 3.8) is 0 Å². The van der Waals surface area contributed by atoms with Crippen molar-refractivity contribution in [1.29, 1.82) is 0 Å². The number of rotatable bonds is 10. The van der Waals surface area contributed by atoms with E-state index in [9.17, 15) is 9.18 Å². The number of carbonyl (C=O) groups excluding carboxylic acids is 1. The summed E-state index contributed by atoms with van der Waals surface area (Å²) in [5.41, 5.74) is 4.47. The molecular formula is C26H27FN4O3. The van der Waals surface area contributed by atoms with Gasteiger partial charge >= 0.3 is 0 Å². The molecule has 0 saturated carbocycles. The Bertz CT molecular complexity index is 1240. The second-order valence-electron chi connectivity index (χ2n) is 7.77. The maximum Gasteiger partial charge on any atom is 0.255 e. The number of aromatic amines is 1. The number of fused-ring (bicyclic) bond motifs is 1. The molecule has 1 aliphatic heterocycles. The van der Waals surface area contributed by atoms with Crippen LogP contribution >= 0.6 is 0 Å². The number of aromatic nitrogens is 2. The van der Waals surface area contributed by atoms with Gasteiger partial charge < -0.3 is 25.1 Å². The van der Waals surface area contributed by atoms with Crippen LogP contribution in [-0.4, -0.2) is 36.1 Å². The highest BCUT2D eigenvalue weighted by atomic mass is 19.1. The van der Waals surface area contributed by atoms with Crippen LogP contribution in [0.5, 0.6) is 11.5 Å². The first kappa shape index (κ1) is 23.1. The number of nitrogens with zero attached hydrogens (tertiary/aromatic N) is 1. The number of allylic oxidation sites excluding steroid dienone is 1. The summed E-state index contributed by atoms with van der Waals surface area (Å²) in [7, 11) is 1.40. The first-order valence-corrected chi connectivity index (χ1v) is 11.0. The number of pyridine rings is 1. The van der Waals surface area contributed by atoms with E-state index in [-0.39, 0.29) is 11.7 Å². The predicted molar refractivity (Wildman–Crippen MR) is 131 cm³/mol. The molecule has 2 aromatic heterocycles. The van der Waals surface area contributed by atoms with Gasteiger partial charge in [0.2, 0.25) is 0 Å². The van der Waals surface area contributed by atoms with Crippen molar-refractivity contribution >= 4 is 17.3 Å². The van der Waals surface area contributed by atoms with E-state index < -0.39 is 5.82 Å². The summed E-state index contributed by atoms with van der Waals surface area (Å²) in [5.74, 6) is -0.0970. The molecule has 0 radical (unpaired) electrons. The number of amides is 1. The molecule has 0 spiro atoms. The van der Waals surface area contributed by atoms with Crippen LogP contribution in [0.2, 0.25) is 0 Å². The lowest BCUT2D eigenvalue weighted by atomic mass is 10.00. The maximum absolute atomic E-state index is 14.4. The summed E-state index contributed by atoms with van der Waals surface area (Å²) < 4.78 is 25.8. The molecule has 4 rings (SSSR count). The number of ether oxygens (including phenoxy) is 2. The van der Waals surface area contributed by atoms with Crippen molar-refractivity contribution in [1.82, 2.24) is 15.3 Å². The van der Waals surface area contributed by atoms with E-state index in [1.54, 1.807) is 36.7 Å². The number of carbonyl (C=O) groups is 1. The normalized spacial score (nSPS) is 12.5. The molecule has 1 amide bonds. The van der Waals surface area contributed by atoms with Gasteiger partial charge in [0.1, 0.15) is 5.75 Å². The molecule has 0 saturated heterocycles. The van der Waals surface area contributed by atoms with Gasteiger partial charge in [-0.2, -0.15) is 0 Å². The number of hydrogen-bond donors (Lipinski definition) is 3. The number of H-pyrrole nitrogens is 1. The Kier molecular flexibility index (Phi) is 6.96. The SMILES string of the molecule is C=CCCOc1cncc(CC=C)c1-c1[nH]c2c(c1Nc1cccc(F)c1OC)C(=O)NCC2. The molecule has 8 heteroatoms. The largest absolute Gasteiger partial charge is 0.492 e. The maximum atomic E-state index is 14.4. The van der Waals surface area contributed by atoms with Crippen LogP contribution in [0.1, 0.15) is 28.0 Å². The van der Waals surface area contributed by atoms with Crippen molar-refractivity contribution in [2.45, 2.75) is 19.3 Å². The zero-order valence-corrected chi connectivity index (χ0v) is 19.0. The lowest BCUT2D eigenvalue weighted by Crippen LogP contribution is -2.31. The van der Waals surface area contributed by atoms with Crippen LogP contribution < -0.4 is 20.1 Å². The Hall–Kier alpha value is -4.07. The highest BCUT2D eigenvalue weighted by Crippen LogP contribution is 2.43. The van der Waals surface area contributed by atoms with E-state index in [1.165, 1.54) is 13.2 Å². The molecule has 3 aromatic rings. The Morgan fingerprint density at radius 2 is 2.09 bits per heavy atom. The number of benzene rings is 1. The lowest BCUT2D eigenvalue weighted by molar-refractivity contribution is 0.0947. The van der Waals surface area contributed by atoms with Crippen molar-refractivity contribution < 1.29 is 18.7 Å². The molecule has 7 nitrogen and oxygen atoms in total. The van der Waals surface area contributed by atoms with Gasteiger partial charge in [0.05, 0.1) is 42.5 Å². The predicted octanol–water partition coefficient (Wildman–Crippen LogP) is 4.94. The fraction of sp³-hybridized carbons (Fsp3) is 0.231. The van der Waals surface area contributed by atoms with Gasteiger partial charge in [0, 0.05) is 30.4 Å². The van der Waals surface area contributed by atoms with Crippen molar-refractivity contribution in [3.8, 4) is 22.8 Å². The second-order valence-corrected chi connectivity index (χ2v) is 7.77. The van der Waals surface area contributed by atoms with Gasteiger partial charge in [-0.15, -0.1) is 13.2 Å². The molecule has 0 unspecified atom stereocenters. The number of nitrogens with one attached hydrogen (secondary N) is 3. The highest BCUT2D eigenvalue weighted by molar-refractivity contribution is 6.07. The van der Waals surface area contributed by atoms with Gasteiger partial charge in [0.15, 0.2) is 11.6 Å². The molecule has 1 aromatic carbocycles. The van der Waals surface area contributed by atoms with E-state index in [1.807, 2.05) is 0 Å². The second kappa shape index (κ2) is 10.2. The lowest BCUT2D eigenvalue weighted by Gasteiger charge is -2.18. The van der Waals surface area contributed by atoms with Gasteiger partial charge in [-0.05, 0) is 30.5 Å². The average Bonchev–Trinajstić information content (AvgIpc) is 3.19. The fourth-order valence-electron chi connectivity index (χ4n) is 4.08. The van der Waals surface area contributed by atoms with Crippen LogP contribution in [0.3, 0.4) is 0 Å². The summed E-state index contributed by atoms with van der Waals surface area (Å²) in [6.45, 7) is 8.56. The topological polar surface area (TPSA) is 88.3 Å². The van der Waals surface area contributed by atoms with Crippen LogP contribution in [0, 0.1) is 5.82 Å². The molecule has 3 N–H and O–H groups in total. The molecule has 176 valence electrons. The van der Waals surface area contributed by atoms with E-state index in [0.29, 0.717) is 60.8 Å². The minimum absolute atomic E-state index is 0.0584. The Morgan fingerprint density at radius 3 is 2.85 bits per heavy atom. The summed E-state index contributed by atoms with van der Waals surface area (Å²) in [5, 5.41) is 6.15. The van der Waals surface area contributed by atoms with E-state index in [4.69, 9.17) is 9.47 Å². The third-order valence-corrected chi connectivity index (χ3v) is 5.58. The third-order valence-electron chi connectivity index (χ3n) is 5.58. The van der Waals surface area contributed by atoms with Gasteiger partial charge in [-0.1, -0.05) is 18.2 Å². The number of halogens is 1. The first-order chi connectivity index (χ1) is 16.6. The number of anilines is 2. The monoisotopic (exact) mass is 462 g/mol. The van der Waals surface area contributed by atoms with Gasteiger partial charge in [-0.3, -0.25) is 9.78 Å². The van der Waals surface area contributed by atoms with Crippen LogP contribution in [0.25, 0.3) is 11.3 Å². The minimum Gasteiger partial charge on any atom is -0.492 e. The Morgan fingerprint density at radius 1 is 1.24 bits per heavy atom. The molecule has 0 fully saturated rings. The quantitative estimate of drug-likeness (QED) is 0.294. The molecule has 1 aliphatic rings. The van der Waals surface area contributed by atoms with Crippen LogP contribution in [0.15, 0.2) is 55.9 Å². The zero-order chi connectivity index (χ0) is 24.1. The molecule has 3 heterocycles. The Balaban J connectivity index is 1.93. The van der Waals surface area contributed by atoms with E-state index in [2.05, 4.69) is 33.8 Å². The smallest absolute Gasteiger partial charge is 0.255 e. The standard InChI is InChI=1S/C26H27FN4O3/c1-4-6-13-34-20-15-28-14-16(8-5-2)21(20)23-24(22-18(30-23)11-12-29-26(22)32)31-19-10-7-9-17(27)25(19)33-3/h4-5,7,9-10,14-15,30-31H,1-2,6,8,11-13H2,3H3,(H,29,32). The number of para-hydroxylation sites is 1. The fourth-order valence-corrected chi connectivity index (χ4v) is 4.08. The van der Waals surface area contributed by atoms with Crippen molar-refractivity contribution in [2.75, 3.05) is 25.6 Å². The number of methoxy groups -OCH3 is 1. The Labute approximate surface area is 197 Å². The van der Waals surface area contributed by atoms with E-state index in [0.717, 1.165) is 16.8 Å². The zero-order valence-electron chi connectivity index (χ0n) is 19.0. The summed E-state index contributed by atoms with van der Waals surface area (Å²) >= 11 is 0. The third kappa shape index (κ3) is 4.39. The van der Waals surface area contributed by atoms with Gasteiger partial charge in [-0.25, -0.2) is 4.39 Å². The van der Waals surface area contributed by atoms with E-state index >= 15 is 0 Å². The van der Waals surface area contributed by atoms with Crippen molar-refractivity contribution in [3.05, 3.63) is 78.5 Å². The summed E-state index contributed by atoms with van der Waals surface area (Å²) in [6, 6.07) is 4.60. The first-order valence-electron chi connectivity index (χ1n) is 11.0. The molecular weight excluding hydrogens is 435 g/mol. The molecule has 0 atom stereocenters. The number of hydrogen-bond acceptors (Lipinski definition) is 5. The molecule has 0 aliphatic carbocycles. The van der Waals surface area contributed by atoms with Crippen molar-refractivity contribution in [2.24, 2.45) is 0 Å². The average molecular weight is 463 g/mol. The minimum atomic E-state index is -0.507. The van der Waals surface area contributed by atoms with Gasteiger partial charge in [0.25, 0.3) is 5.91 Å². The summed E-state index contributed by atoms with van der Waals surface area (Å²) in [6.07, 6.45) is 8.81. The van der Waals surface area contributed by atoms with Crippen LogP contribution in [-0.2, 0) is 12.8 Å². The van der Waals surface area contributed by atoms with Crippen LogP contribution in [0.4, 0.5) is 15.8 Å². The molecule has 34 heavy (non-hydrogen) atoms. The highest BCUT2D eigenvalue weighted by Gasteiger charge is 2.30.